The lowest BCUT2D eigenvalue weighted by atomic mass is 10.0. The number of hydrogen-bond donors (Lipinski definition) is 1. The van der Waals surface area contributed by atoms with E-state index in [-0.39, 0.29) is 18.1 Å². The molecule has 2 atom stereocenters. The number of amides is 1. The lowest BCUT2D eigenvalue weighted by Crippen LogP contribution is -2.48. The van der Waals surface area contributed by atoms with Crippen molar-refractivity contribution in [1.29, 1.82) is 0 Å². The van der Waals surface area contributed by atoms with Gasteiger partial charge in [0.25, 0.3) is 5.91 Å². The highest BCUT2D eigenvalue weighted by Crippen LogP contribution is 2.30. The largest absolute Gasteiger partial charge is 0.370 e. The van der Waals surface area contributed by atoms with Crippen molar-refractivity contribution < 1.29 is 9.53 Å². The van der Waals surface area contributed by atoms with Crippen molar-refractivity contribution in [2.75, 3.05) is 13.2 Å². The maximum Gasteiger partial charge on any atom is 0.275 e. The Bertz CT molecular complexity index is 768. The van der Waals surface area contributed by atoms with E-state index in [2.05, 4.69) is 29.3 Å². The summed E-state index contributed by atoms with van der Waals surface area (Å²) < 4.78 is 6.03. The first-order valence-corrected chi connectivity index (χ1v) is 8.69. The third-order valence-electron chi connectivity index (χ3n) is 5.24. The normalized spacial score (nSPS) is 23.3. The molecule has 1 aromatic heterocycles. The Morgan fingerprint density at radius 3 is 3.00 bits per heavy atom. The number of aromatic nitrogens is 2. The monoisotopic (exact) mass is 325 g/mol. The molecule has 0 bridgehead atoms. The van der Waals surface area contributed by atoms with Crippen LogP contribution in [0.3, 0.4) is 0 Å². The fraction of sp³-hybridized carbons (Fsp3) is 0.474. The Morgan fingerprint density at radius 2 is 2.17 bits per heavy atom. The second-order valence-corrected chi connectivity index (χ2v) is 6.87. The molecule has 1 N–H and O–H groups in total. The van der Waals surface area contributed by atoms with E-state index < -0.39 is 0 Å². The lowest BCUT2D eigenvalue weighted by Gasteiger charge is -2.38. The number of nitrogens with zero attached hydrogens (tertiary/aromatic N) is 2. The topological polar surface area (TPSA) is 58.2 Å². The number of benzene rings is 1. The van der Waals surface area contributed by atoms with Crippen LogP contribution in [0.15, 0.2) is 24.3 Å². The molecule has 1 aliphatic carbocycles. The summed E-state index contributed by atoms with van der Waals surface area (Å²) in [5.74, 6) is 0.0313. The van der Waals surface area contributed by atoms with E-state index >= 15 is 0 Å². The van der Waals surface area contributed by atoms with Crippen molar-refractivity contribution in [3.63, 3.8) is 0 Å². The number of hydrogen-bond acceptors (Lipinski definition) is 3. The molecule has 1 aliphatic heterocycles. The molecule has 0 unspecified atom stereocenters. The van der Waals surface area contributed by atoms with E-state index in [1.165, 1.54) is 5.56 Å². The zero-order chi connectivity index (χ0) is 16.7. The van der Waals surface area contributed by atoms with E-state index in [9.17, 15) is 4.79 Å². The van der Waals surface area contributed by atoms with Crippen molar-refractivity contribution in [3.8, 4) is 0 Å². The summed E-state index contributed by atoms with van der Waals surface area (Å²) in [6.07, 6.45) is 2.99. The van der Waals surface area contributed by atoms with E-state index in [4.69, 9.17) is 4.74 Å². The maximum absolute atomic E-state index is 13.1. The van der Waals surface area contributed by atoms with Crippen LogP contribution < -0.4 is 0 Å². The summed E-state index contributed by atoms with van der Waals surface area (Å²) in [5.41, 5.74) is 5.22. The summed E-state index contributed by atoms with van der Waals surface area (Å²) in [7, 11) is 0. The van der Waals surface area contributed by atoms with Gasteiger partial charge >= 0.3 is 0 Å². The van der Waals surface area contributed by atoms with Crippen molar-refractivity contribution in [2.24, 2.45) is 0 Å². The molecule has 0 radical (unpaired) electrons. The lowest BCUT2D eigenvalue weighted by molar-refractivity contribution is -0.0491. The highest BCUT2D eigenvalue weighted by atomic mass is 16.5. The quantitative estimate of drug-likeness (QED) is 0.924. The van der Waals surface area contributed by atoms with E-state index in [1.54, 1.807) is 0 Å². The Labute approximate surface area is 142 Å². The molecule has 24 heavy (non-hydrogen) atoms. The zero-order valence-electron chi connectivity index (χ0n) is 14.2. The minimum absolute atomic E-state index is 0.0313. The number of fused-ring (bicyclic) bond motifs is 1. The maximum atomic E-state index is 13.1. The molecule has 2 heterocycles. The van der Waals surface area contributed by atoms with Gasteiger partial charge in [-0.3, -0.25) is 9.89 Å². The Kier molecular flexibility index (Phi) is 3.88. The molecule has 126 valence electrons. The van der Waals surface area contributed by atoms with Crippen molar-refractivity contribution in [1.82, 2.24) is 15.1 Å². The van der Waals surface area contributed by atoms with Crippen LogP contribution in [0.5, 0.6) is 0 Å². The average molecular weight is 325 g/mol. The molecule has 5 nitrogen and oxygen atoms in total. The van der Waals surface area contributed by atoms with E-state index in [0.717, 1.165) is 36.1 Å². The Balaban J connectivity index is 1.59. The van der Waals surface area contributed by atoms with Gasteiger partial charge in [-0.15, -0.1) is 0 Å². The number of carbonyl (C=O) groups excluding carboxylic acids is 1. The van der Waals surface area contributed by atoms with Crippen LogP contribution >= 0.6 is 0 Å². The minimum Gasteiger partial charge on any atom is -0.370 e. The highest BCUT2D eigenvalue weighted by molar-refractivity contribution is 5.94. The minimum atomic E-state index is -0.0710. The summed E-state index contributed by atoms with van der Waals surface area (Å²) >= 11 is 0. The van der Waals surface area contributed by atoms with E-state index in [1.807, 2.05) is 24.0 Å². The number of aryl methyl sites for hydroxylation is 2. The molecular weight excluding hydrogens is 302 g/mol. The third-order valence-corrected chi connectivity index (χ3v) is 5.24. The number of rotatable bonds is 2. The first kappa shape index (κ1) is 15.4. The molecule has 1 saturated heterocycles. The van der Waals surface area contributed by atoms with Gasteiger partial charge in [-0.1, -0.05) is 24.3 Å². The molecule has 0 spiro atoms. The summed E-state index contributed by atoms with van der Waals surface area (Å²) in [4.78, 5) is 15.0. The molecule has 4 rings (SSSR count). The number of aromatic amines is 1. The van der Waals surface area contributed by atoms with Gasteiger partial charge in [0.1, 0.15) is 6.10 Å². The molecule has 1 fully saturated rings. The summed E-state index contributed by atoms with van der Waals surface area (Å²) in [5, 5.41) is 7.35. The first-order valence-electron chi connectivity index (χ1n) is 8.69. The SMILES string of the molecule is Cc1ccccc1[C@@H]1CN(C(=O)c2n[nH]c3c2CCC3)[C@H](C)CO1. The third kappa shape index (κ3) is 2.53. The van der Waals surface area contributed by atoms with Crippen LogP contribution in [0.4, 0.5) is 0 Å². The highest BCUT2D eigenvalue weighted by Gasteiger charge is 2.34. The number of H-pyrrole nitrogens is 1. The number of morpholine rings is 1. The molecule has 0 saturated carbocycles. The predicted octanol–water partition coefficient (Wildman–Crippen LogP) is 2.81. The first-order chi connectivity index (χ1) is 11.6. The average Bonchev–Trinajstić information content (AvgIpc) is 3.19. The van der Waals surface area contributed by atoms with Crippen LogP contribution in [0.25, 0.3) is 0 Å². The van der Waals surface area contributed by atoms with Crippen LogP contribution in [0, 0.1) is 6.92 Å². The van der Waals surface area contributed by atoms with Gasteiger partial charge in [-0.2, -0.15) is 5.10 Å². The predicted molar refractivity (Wildman–Crippen MR) is 91.0 cm³/mol. The van der Waals surface area contributed by atoms with Gasteiger partial charge in [-0.25, -0.2) is 0 Å². The van der Waals surface area contributed by atoms with Gasteiger partial charge in [0.05, 0.1) is 19.2 Å². The molecular formula is C19H23N3O2. The molecule has 5 heteroatoms. The van der Waals surface area contributed by atoms with Crippen molar-refractivity contribution in [3.05, 3.63) is 52.3 Å². The van der Waals surface area contributed by atoms with Crippen molar-refractivity contribution in [2.45, 2.75) is 45.3 Å². The van der Waals surface area contributed by atoms with Gasteiger partial charge in [0.2, 0.25) is 0 Å². The van der Waals surface area contributed by atoms with Crippen LogP contribution in [0.1, 0.15) is 52.3 Å². The van der Waals surface area contributed by atoms with Gasteiger partial charge in [0.15, 0.2) is 5.69 Å². The molecule has 2 aromatic rings. The van der Waals surface area contributed by atoms with Crippen LogP contribution in [0.2, 0.25) is 0 Å². The second kappa shape index (κ2) is 6.06. The van der Waals surface area contributed by atoms with E-state index in [0.29, 0.717) is 18.8 Å². The van der Waals surface area contributed by atoms with Gasteiger partial charge in [-0.05, 0) is 44.2 Å². The Morgan fingerprint density at radius 1 is 1.33 bits per heavy atom. The number of carbonyl (C=O) groups is 1. The van der Waals surface area contributed by atoms with Crippen molar-refractivity contribution >= 4 is 5.91 Å². The zero-order valence-corrected chi connectivity index (χ0v) is 14.2. The number of ether oxygens (including phenoxy) is 1. The molecule has 2 aliphatic rings. The fourth-order valence-electron chi connectivity index (χ4n) is 3.81. The summed E-state index contributed by atoms with van der Waals surface area (Å²) in [6.45, 7) is 5.26. The van der Waals surface area contributed by atoms with Gasteiger partial charge in [0, 0.05) is 11.3 Å². The Hall–Kier alpha value is -2.14. The molecule has 1 aromatic carbocycles. The van der Waals surface area contributed by atoms with Crippen LogP contribution in [-0.4, -0.2) is 40.2 Å². The van der Waals surface area contributed by atoms with Crippen LogP contribution in [-0.2, 0) is 17.6 Å². The molecule has 1 amide bonds. The fourth-order valence-corrected chi connectivity index (χ4v) is 3.81. The second-order valence-electron chi connectivity index (χ2n) is 6.87. The standard InChI is InChI=1S/C19H23N3O2/c1-12-6-3-4-7-14(12)17-10-22(13(2)11-24-17)19(23)18-15-8-5-9-16(15)20-21-18/h3-4,6-7,13,17H,5,8-11H2,1-2H3,(H,20,21)/t13-,17+/m1/s1. The smallest absolute Gasteiger partial charge is 0.275 e. The van der Waals surface area contributed by atoms with Gasteiger partial charge < -0.3 is 9.64 Å². The summed E-state index contributed by atoms with van der Waals surface area (Å²) in [6, 6.07) is 8.29. The number of nitrogens with one attached hydrogen (secondary N) is 1.